The summed E-state index contributed by atoms with van der Waals surface area (Å²) in [5.74, 6) is -1.37. The molecule has 2 atom stereocenters. The second-order valence-electron chi connectivity index (χ2n) is 7.91. The molecule has 12 heteroatoms. The Bertz CT molecular complexity index is 1140. The predicted molar refractivity (Wildman–Crippen MR) is 113 cm³/mol. The first-order chi connectivity index (χ1) is 15.2. The highest BCUT2D eigenvalue weighted by molar-refractivity contribution is 6.00. The van der Waals surface area contributed by atoms with Gasteiger partial charge in [0.25, 0.3) is 12.3 Å². The molecule has 3 heterocycles. The van der Waals surface area contributed by atoms with E-state index in [-0.39, 0.29) is 29.3 Å². The minimum absolute atomic E-state index is 0.00321. The number of hydrogen-bond acceptors (Lipinski definition) is 7. The molecule has 0 aliphatic heterocycles. The molecule has 0 unspecified atom stereocenters. The van der Waals surface area contributed by atoms with E-state index in [0.29, 0.717) is 22.5 Å². The fourth-order valence-corrected chi connectivity index (χ4v) is 3.66. The molecule has 32 heavy (non-hydrogen) atoms. The Kier molecular flexibility index (Phi) is 5.87. The van der Waals surface area contributed by atoms with Gasteiger partial charge < -0.3 is 22.1 Å². The molecule has 1 fully saturated rings. The molecule has 0 aromatic carbocycles. The van der Waals surface area contributed by atoms with Crippen LogP contribution in [0.5, 0.6) is 0 Å². The quantitative estimate of drug-likeness (QED) is 0.395. The van der Waals surface area contributed by atoms with Crippen LogP contribution < -0.4 is 22.1 Å². The second kappa shape index (κ2) is 8.61. The van der Waals surface area contributed by atoms with Crippen molar-refractivity contribution in [2.45, 2.75) is 44.8 Å². The number of hydrogen-bond donors (Lipinski definition) is 4. The fourth-order valence-electron chi connectivity index (χ4n) is 3.66. The van der Waals surface area contributed by atoms with Crippen molar-refractivity contribution in [3.8, 4) is 0 Å². The van der Waals surface area contributed by atoms with Crippen molar-refractivity contribution >= 4 is 34.1 Å². The Balaban J connectivity index is 1.71. The Hall–Kier alpha value is -3.41. The van der Waals surface area contributed by atoms with Crippen LogP contribution in [0.2, 0.25) is 0 Å². The highest BCUT2D eigenvalue weighted by Crippen LogP contribution is 2.36. The first-order valence-electron chi connectivity index (χ1n) is 10.1. The lowest BCUT2D eigenvalue weighted by Crippen LogP contribution is -2.40. The van der Waals surface area contributed by atoms with Gasteiger partial charge in [-0.1, -0.05) is 0 Å². The Morgan fingerprint density at radius 1 is 1.28 bits per heavy atom. The zero-order chi connectivity index (χ0) is 23.0. The molecule has 1 saturated carbocycles. The third-order valence-electron chi connectivity index (χ3n) is 5.38. The largest absolute Gasteiger partial charge is 0.365 e. The number of alkyl halides is 2. The van der Waals surface area contributed by atoms with E-state index in [1.165, 1.54) is 18.6 Å². The number of nitrogens with two attached hydrogens (primary N) is 2. The monoisotopic (exact) mass is 448 g/mol. The van der Waals surface area contributed by atoms with Crippen LogP contribution in [0.15, 0.2) is 24.7 Å². The molecular formula is C20H23F3N8O. The summed E-state index contributed by atoms with van der Waals surface area (Å²) in [6.45, 7) is 1.23. The van der Waals surface area contributed by atoms with E-state index in [0.717, 1.165) is 23.6 Å². The highest BCUT2D eigenvalue weighted by atomic mass is 19.3. The van der Waals surface area contributed by atoms with E-state index in [1.54, 1.807) is 0 Å². The number of rotatable bonds is 9. The summed E-state index contributed by atoms with van der Waals surface area (Å²) in [7, 11) is 0. The molecule has 3 aromatic heterocycles. The number of primary amides is 1. The molecule has 1 aliphatic carbocycles. The number of nitrogens with zero attached hydrogens (tertiary/aromatic N) is 4. The van der Waals surface area contributed by atoms with Gasteiger partial charge in [0.05, 0.1) is 35.4 Å². The summed E-state index contributed by atoms with van der Waals surface area (Å²) >= 11 is 0. The van der Waals surface area contributed by atoms with Gasteiger partial charge in [-0.05, 0) is 31.7 Å². The van der Waals surface area contributed by atoms with E-state index in [1.807, 2.05) is 6.92 Å². The molecule has 4 rings (SSSR count). The topological polar surface area (TPSA) is 137 Å². The maximum Gasteiger partial charge on any atom is 0.257 e. The molecule has 1 aliphatic rings. The normalized spacial score (nSPS) is 15.7. The van der Waals surface area contributed by atoms with Gasteiger partial charge in [-0.25, -0.2) is 18.2 Å². The Morgan fingerprint density at radius 2 is 2.03 bits per heavy atom. The smallest absolute Gasteiger partial charge is 0.257 e. The lowest BCUT2D eigenvalue weighted by atomic mass is 10.1. The minimum Gasteiger partial charge on any atom is -0.365 e. The standard InChI is InChI=1S/C20H23F3N8O/c1-9(24)17(10-2-3-10)29-20-13(21)4-11(18(25)32)19(30-20)28-14-6-26-7-15-12(14)5-27-31(15)8-16(22)23/h4-7,9-10,16-17H,2-3,8,24H2,1H3,(H2,25,32)(H2,28,29,30)/t9-,17-/m0/s1. The summed E-state index contributed by atoms with van der Waals surface area (Å²) in [5.41, 5.74) is 12.0. The molecule has 0 bridgehead atoms. The number of anilines is 3. The third-order valence-corrected chi connectivity index (χ3v) is 5.38. The number of pyridine rings is 2. The van der Waals surface area contributed by atoms with Crippen LogP contribution in [-0.2, 0) is 6.54 Å². The molecular weight excluding hydrogens is 425 g/mol. The SMILES string of the molecule is C[C@H](N)[C@H](Nc1nc(Nc2cncc3c2cnn3CC(F)F)c(C(N)=O)cc1F)C1CC1. The Morgan fingerprint density at radius 3 is 2.66 bits per heavy atom. The van der Waals surface area contributed by atoms with E-state index in [9.17, 15) is 18.0 Å². The van der Waals surface area contributed by atoms with Crippen molar-refractivity contribution < 1.29 is 18.0 Å². The van der Waals surface area contributed by atoms with Crippen molar-refractivity contribution in [2.24, 2.45) is 17.4 Å². The second-order valence-corrected chi connectivity index (χ2v) is 7.91. The number of carbonyl (C=O) groups is 1. The van der Waals surface area contributed by atoms with E-state index in [2.05, 4.69) is 25.7 Å². The van der Waals surface area contributed by atoms with Gasteiger partial charge >= 0.3 is 0 Å². The van der Waals surface area contributed by atoms with E-state index < -0.39 is 24.7 Å². The van der Waals surface area contributed by atoms with Crippen LogP contribution in [0.1, 0.15) is 30.1 Å². The van der Waals surface area contributed by atoms with Crippen molar-refractivity contribution in [3.05, 3.63) is 36.0 Å². The van der Waals surface area contributed by atoms with Crippen LogP contribution in [0, 0.1) is 11.7 Å². The molecule has 6 N–H and O–H groups in total. The van der Waals surface area contributed by atoms with Gasteiger partial charge in [-0.15, -0.1) is 0 Å². The average molecular weight is 448 g/mol. The number of halogens is 3. The highest BCUT2D eigenvalue weighted by Gasteiger charge is 2.34. The Labute approximate surface area is 181 Å². The zero-order valence-corrected chi connectivity index (χ0v) is 17.2. The summed E-state index contributed by atoms with van der Waals surface area (Å²) in [6, 6.07) is 0.579. The minimum atomic E-state index is -2.59. The number of aromatic nitrogens is 4. The number of carbonyl (C=O) groups excluding carboxylic acids is 1. The van der Waals surface area contributed by atoms with Crippen molar-refractivity contribution in [3.63, 3.8) is 0 Å². The first-order valence-corrected chi connectivity index (χ1v) is 10.1. The molecule has 9 nitrogen and oxygen atoms in total. The average Bonchev–Trinajstić information content (AvgIpc) is 3.48. The van der Waals surface area contributed by atoms with Crippen molar-refractivity contribution in [2.75, 3.05) is 10.6 Å². The lowest BCUT2D eigenvalue weighted by Gasteiger charge is -2.23. The van der Waals surface area contributed by atoms with Gasteiger partial charge in [0.15, 0.2) is 11.6 Å². The maximum atomic E-state index is 14.7. The van der Waals surface area contributed by atoms with Crippen molar-refractivity contribution in [1.82, 2.24) is 19.7 Å². The van der Waals surface area contributed by atoms with Crippen molar-refractivity contribution in [1.29, 1.82) is 0 Å². The summed E-state index contributed by atoms with van der Waals surface area (Å²) in [5, 5.41) is 10.4. The first kappa shape index (κ1) is 21.8. The molecule has 1 amide bonds. The van der Waals surface area contributed by atoms with Crippen LogP contribution in [-0.4, -0.2) is 44.2 Å². The molecule has 3 aromatic rings. The number of nitrogens with one attached hydrogen (secondary N) is 2. The fraction of sp³-hybridized carbons (Fsp3) is 0.400. The molecule has 0 saturated heterocycles. The molecule has 0 radical (unpaired) electrons. The van der Waals surface area contributed by atoms with Crippen LogP contribution in [0.25, 0.3) is 10.9 Å². The van der Waals surface area contributed by atoms with Crippen LogP contribution in [0.4, 0.5) is 30.5 Å². The summed E-state index contributed by atoms with van der Waals surface area (Å²) < 4.78 is 41.5. The summed E-state index contributed by atoms with van der Waals surface area (Å²) in [6.07, 6.45) is 3.61. The van der Waals surface area contributed by atoms with Gasteiger partial charge in [-0.3, -0.25) is 14.5 Å². The molecule has 0 spiro atoms. The van der Waals surface area contributed by atoms with Crippen LogP contribution in [0.3, 0.4) is 0 Å². The van der Waals surface area contributed by atoms with E-state index in [4.69, 9.17) is 11.5 Å². The van der Waals surface area contributed by atoms with Gasteiger partial charge in [0.2, 0.25) is 0 Å². The zero-order valence-electron chi connectivity index (χ0n) is 17.2. The summed E-state index contributed by atoms with van der Waals surface area (Å²) in [4.78, 5) is 20.2. The lowest BCUT2D eigenvalue weighted by molar-refractivity contribution is 0.1000. The van der Waals surface area contributed by atoms with E-state index >= 15 is 0 Å². The number of fused-ring (bicyclic) bond motifs is 1. The van der Waals surface area contributed by atoms with Gasteiger partial charge in [0, 0.05) is 17.5 Å². The molecule has 170 valence electrons. The van der Waals surface area contributed by atoms with Crippen LogP contribution >= 0.6 is 0 Å². The predicted octanol–water partition coefficient (Wildman–Crippen LogP) is 2.61. The number of amides is 1. The van der Waals surface area contributed by atoms with Gasteiger partial charge in [0.1, 0.15) is 12.4 Å². The van der Waals surface area contributed by atoms with Gasteiger partial charge in [-0.2, -0.15) is 5.10 Å². The third kappa shape index (κ3) is 4.44. The maximum absolute atomic E-state index is 14.7.